The molecule has 0 bridgehead atoms. The van der Waals surface area contributed by atoms with Crippen molar-refractivity contribution in [3.05, 3.63) is 60.6 Å². The van der Waals surface area contributed by atoms with Crippen LogP contribution in [0.2, 0.25) is 0 Å². The number of anilines is 2. The number of rotatable bonds is 3. The van der Waals surface area contributed by atoms with E-state index in [-0.39, 0.29) is 5.91 Å². The first-order chi connectivity index (χ1) is 12.3. The number of nitrogens with one attached hydrogen (secondary N) is 2. The number of pyridine rings is 2. The van der Waals surface area contributed by atoms with E-state index in [1.54, 1.807) is 30.6 Å². The fraction of sp³-hybridized carbons (Fsp3) is 0.211. The van der Waals surface area contributed by atoms with Crippen LogP contribution < -0.4 is 15.5 Å². The fourth-order valence-electron chi connectivity index (χ4n) is 3.06. The molecule has 0 spiro atoms. The van der Waals surface area contributed by atoms with Crippen molar-refractivity contribution < 1.29 is 4.79 Å². The molecule has 1 aliphatic rings. The van der Waals surface area contributed by atoms with Crippen molar-refractivity contribution in [2.75, 3.05) is 36.4 Å². The molecule has 126 valence electrons. The zero-order valence-electron chi connectivity index (χ0n) is 13.8. The molecule has 1 aliphatic heterocycles. The first-order valence-electron chi connectivity index (χ1n) is 8.38. The van der Waals surface area contributed by atoms with Gasteiger partial charge in [-0.05, 0) is 30.3 Å². The molecule has 3 heterocycles. The second kappa shape index (κ2) is 6.86. The van der Waals surface area contributed by atoms with Gasteiger partial charge in [-0.3, -0.25) is 14.8 Å². The van der Waals surface area contributed by atoms with Gasteiger partial charge in [0, 0.05) is 49.6 Å². The summed E-state index contributed by atoms with van der Waals surface area (Å²) in [6.07, 6.45) is 3.35. The van der Waals surface area contributed by atoms with Crippen molar-refractivity contribution in [1.82, 2.24) is 15.3 Å². The molecule has 0 radical (unpaired) electrons. The minimum absolute atomic E-state index is 0.231. The van der Waals surface area contributed by atoms with Crippen LogP contribution in [0.3, 0.4) is 0 Å². The zero-order chi connectivity index (χ0) is 17.1. The largest absolute Gasteiger partial charge is 0.369 e. The summed E-state index contributed by atoms with van der Waals surface area (Å²) in [7, 11) is 0. The number of nitrogens with zero attached hydrogens (tertiary/aromatic N) is 3. The van der Waals surface area contributed by atoms with Crippen molar-refractivity contribution >= 4 is 28.2 Å². The van der Waals surface area contributed by atoms with Gasteiger partial charge in [-0.15, -0.1) is 0 Å². The Labute approximate surface area is 145 Å². The number of amides is 1. The summed E-state index contributed by atoms with van der Waals surface area (Å²) in [4.78, 5) is 23.4. The normalized spacial score (nSPS) is 14.5. The second-order valence-corrected chi connectivity index (χ2v) is 5.97. The Morgan fingerprint density at radius 1 is 1.04 bits per heavy atom. The molecule has 0 unspecified atom stereocenters. The van der Waals surface area contributed by atoms with Gasteiger partial charge in [0.25, 0.3) is 5.91 Å². The van der Waals surface area contributed by atoms with Gasteiger partial charge in [0.15, 0.2) is 0 Å². The second-order valence-electron chi connectivity index (χ2n) is 5.97. The van der Waals surface area contributed by atoms with E-state index >= 15 is 0 Å². The highest BCUT2D eigenvalue weighted by Gasteiger charge is 2.15. The average Bonchev–Trinajstić information content (AvgIpc) is 2.69. The average molecular weight is 333 g/mol. The van der Waals surface area contributed by atoms with Crippen molar-refractivity contribution in [1.29, 1.82) is 0 Å². The Morgan fingerprint density at radius 3 is 2.68 bits per heavy atom. The Morgan fingerprint density at radius 2 is 1.88 bits per heavy atom. The maximum absolute atomic E-state index is 12.5. The number of carbonyl (C=O) groups is 1. The van der Waals surface area contributed by atoms with Gasteiger partial charge in [-0.25, -0.2) is 0 Å². The highest BCUT2D eigenvalue weighted by Crippen LogP contribution is 2.29. The van der Waals surface area contributed by atoms with Crippen LogP contribution in [-0.2, 0) is 0 Å². The van der Waals surface area contributed by atoms with E-state index in [9.17, 15) is 4.79 Å². The molecule has 6 nitrogen and oxygen atoms in total. The summed E-state index contributed by atoms with van der Waals surface area (Å²) in [5, 5.41) is 7.34. The van der Waals surface area contributed by atoms with Crippen LogP contribution in [0, 0.1) is 0 Å². The molecule has 2 aromatic heterocycles. The van der Waals surface area contributed by atoms with Gasteiger partial charge >= 0.3 is 0 Å². The van der Waals surface area contributed by atoms with E-state index in [1.807, 2.05) is 18.2 Å². The molecule has 2 N–H and O–H groups in total. The smallest absolute Gasteiger partial charge is 0.274 e. The van der Waals surface area contributed by atoms with Crippen LogP contribution in [0.15, 0.2) is 54.9 Å². The summed E-state index contributed by atoms with van der Waals surface area (Å²) < 4.78 is 0. The molecular weight excluding hydrogens is 314 g/mol. The van der Waals surface area contributed by atoms with E-state index < -0.39 is 0 Å². The monoisotopic (exact) mass is 333 g/mol. The molecule has 0 atom stereocenters. The summed E-state index contributed by atoms with van der Waals surface area (Å²) >= 11 is 0. The van der Waals surface area contributed by atoms with E-state index in [0.29, 0.717) is 11.4 Å². The molecule has 1 amide bonds. The lowest BCUT2D eigenvalue weighted by atomic mass is 10.1. The Bertz CT molecular complexity index is 891. The number of benzene rings is 1. The molecule has 1 fully saturated rings. The highest BCUT2D eigenvalue weighted by atomic mass is 16.1. The van der Waals surface area contributed by atoms with Gasteiger partial charge in [0.05, 0.1) is 11.2 Å². The van der Waals surface area contributed by atoms with E-state index in [0.717, 1.165) is 42.8 Å². The predicted octanol–water partition coefficient (Wildman–Crippen LogP) is 2.29. The molecule has 0 saturated carbocycles. The summed E-state index contributed by atoms with van der Waals surface area (Å²) in [5.41, 5.74) is 2.98. The van der Waals surface area contributed by atoms with Gasteiger partial charge in [-0.2, -0.15) is 0 Å². The molecular formula is C19H19N5O. The fourth-order valence-corrected chi connectivity index (χ4v) is 3.06. The number of fused-ring (bicyclic) bond motifs is 1. The first-order valence-corrected chi connectivity index (χ1v) is 8.38. The summed E-state index contributed by atoms with van der Waals surface area (Å²) in [5.74, 6) is -0.231. The van der Waals surface area contributed by atoms with Crippen LogP contribution >= 0.6 is 0 Å². The van der Waals surface area contributed by atoms with Crippen LogP contribution in [0.25, 0.3) is 10.9 Å². The highest BCUT2D eigenvalue weighted by molar-refractivity contribution is 6.08. The lowest BCUT2D eigenvalue weighted by Crippen LogP contribution is -2.43. The van der Waals surface area contributed by atoms with Crippen LogP contribution in [0.4, 0.5) is 11.4 Å². The van der Waals surface area contributed by atoms with Crippen molar-refractivity contribution in [3.63, 3.8) is 0 Å². The molecule has 4 rings (SSSR count). The van der Waals surface area contributed by atoms with E-state index in [4.69, 9.17) is 0 Å². The molecule has 6 heteroatoms. The lowest BCUT2D eigenvalue weighted by Gasteiger charge is -2.30. The zero-order valence-corrected chi connectivity index (χ0v) is 13.8. The van der Waals surface area contributed by atoms with E-state index in [1.165, 1.54) is 0 Å². The Balaban J connectivity index is 1.72. The lowest BCUT2D eigenvalue weighted by molar-refractivity contribution is 0.102. The number of hydrogen-bond donors (Lipinski definition) is 2. The number of carbonyl (C=O) groups excluding carboxylic acids is 1. The summed E-state index contributed by atoms with van der Waals surface area (Å²) in [6, 6.07) is 13.4. The molecule has 1 saturated heterocycles. The SMILES string of the molecule is O=C(Nc1cc(N2CCNCC2)cc2cccnc12)c1ccccn1. The molecule has 0 aliphatic carbocycles. The van der Waals surface area contributed by atoms with Crippen molar-refractivity contribution in [2.24, 2.45) is 0 Å². The maximum Gasteiger partial charge on any atom is 0.274 e. The van der Waals surface area contributed by atoms with Gasteiger partial charge in [-0.1, -0.05) is 12.1 Å². The van der Waals surface area contributed by atoms with Crippen molar-refractivity contribution in [2.45, 2.75) is 0 Å². The van der Waals surface area contributed by atoms with Crippen LogP contribution in [-0.4, -0.2) is 42.1 Å². The maximum atomic E-state index is 12.5. The van der Waals surface area contributed by atoms with Crippen LogP contribution in [0.5, 0.6) is 0 Å². The Kier molecular flexibility index (Phi) is 4.26. The number of aromatic nitrogens is 2. The van der Waals surface area contributed by atoms with Crippen LogP contribution in [0.1, 0.15) is 10.5 Å². The van der Waals surface area contributed by atoms with Gasteiger partial charge in [0.2, 0.25) is 0 Å². The Hall–Kier alpha value is -2.99. The first kappa shape index (κ1) is 15.5. The van der Waals surface area contributed by atoms with Gasteiger partial charge < -0.3 is 15.5 Å². The third kappa shape index (κ3) is 3.29. The topological polar surface area (TPSA) is 70.2 Å². The number of piperazine rings is 1. The molecule has 1 aromatic carbocycles. The van der Waals surface area contributed by atoms with Gasteiger partial charge in [0.1, 0.15) is 5.69 Å². The minimum Gasteiger partial charge on any atom is -0.369 e. The standard InChI is InChI=1S/C19H19N5O/c25-19(16-5-1-2-6-21-16)23-17-13-15(24-10-8-20-9-11-24)12-14-4-3-7-22-18(14)17/h1-7,12-13,20H,8-11H2,(H,23,25). The van der Waals surface area contributed by atoms with E-state index in [2.05, 4.69) is 31.6 Å². The molecule has 3 aromatic rings. The predicted molar refractivity (Wildman–Crippen MR) is 99.0 cm³/mol. The molecule has 25 heavy (non-hydrogen) atoms. The quantitative estimate of drug-likeness (QED) is 0.770. The third-order valence-electron chi connectivity index (χ3n) is 4.32. The summed E-state index contributed by atoms with van der Waals surface area (Å²) in [6.45, 7) is 3.81. The number of hydrogen-bond acceptors (Lipinski definition) is 5. The minimum atomic E-state index is -0.231. The van der Waals surface area contributed by atoms with Crippen molar-refractivity contribution in [3.8, 4) is 0 Å². The third-order valence-corrected chi connectivity index (χ3v) is 4.32.